The van der Waals surface area contributed by atoms with Gasteiger partial charge in [0.25, 0.3) is 0 Å². The summed E-state index contributed by atoms with van der Waals surface area (Å²) in [4.78, 5) is 6.23. The van der Waals surface area contributed by atoms with Gasteiger partial charge in [0, 0.05) is 51.6 Å². The Morgan fingerprint density at radius 2 is 1.93 bits per heavy atom. The minimum Gasteiger partial charge on any atom is -0.484 e. The van der Waals surface area contributed by atoms with Crippen LogP contribution in [-0.2, 0) is 20.1 Å². The summed E-state index contributed by atoms with van der Waals surface area (Å²) in [5.74, 6) is 1.12. The van der Waals surface area contributed by atoms with Crippen LogP contribution in [0.5, 0.6) is 5.75 Å². The number of aromatic nitrogens is 2. The molecule has 2 aromatic rings. The van der Waals surface area contributed by atoms with Crippen LogP contribution in [0.1, 0.15) is 36.6 Å². The minimum atomic E-state index is -4.38. The molecule has 168 valence electrons. The molecule has 10 heteroatoms. The third-order valence-electron chi connectivity index (χ3n) is 4.27. The Morgan fingerprint density at radius 1 is 1.27 bits per heavy atom. The van der Waals surface area contributed by atoms with Gasteiger partial charge in [0.05, 0.1) is 5.69 Å². The van der Waals surface area contributed by atoms with Crippen LogP contribution in [0.2, 0.25) is 0 Å². The number of nitrogens with one attached hydrogen (secondary N) is 1. The van der Waals surface area contributed by atoms with Crippen molar-refractivity contribution < 1.29 is 17.9 Å². The maximum Gasteiger partial charge on any atom is 0.422 e. The van der Waals surface area contributed by atoms with Gasteiger partial charge in [-0.1, -0.05) is 32.0 Å². The number of nitrogens with zero attached hydrogens (tertiary/aromatic N) is 4. The van der Waals surface area contributed by atoms with E-state index in [0.717, 1.165) is 11.3 Å². The van der Waals surface area contributed by atoms with E-state index in [1.54, 1.807) is 29.9 Å². The molecule has 1 aromatic carbocycles. The summed E-state index contributed by atoms with van der Waals surface area (Å²) in [5, 5.41) is 7.70. The largest absolute Gasteiger partial charge is 0.484 e. The quantitative estimate of drug-likeness (QED) is 0.324. The van der Waals surface area contributed by atoms with Gasteiger partial charge in [-0.2, -0.15) is 18.3 Å². The molecule has 0 unspecified atom stereocenters. The zero-order chi connectivity index (χ0) is 21.6. The number of aliphatic imine (C=N–C) groups is 1. The van der Waals surface area contributed by atoms with E-state index in [-0.39, 0.29) is 36.3 Å². The molecule has 0 amide bonds. The number of ether oxygens (including phenoxy) is 1. The maximum atomic E-state index is 12.5. The Labute approximate surface area is 192 Å². The molecule has 0 aliphatic heterocycles. The van der Waals surface area contributed by atoms with E-state index < -0.39 is 12.8 Å². The lowest BCUT2D eigenvalue weighted by Gasteiger charge is -2.23. The molecule has 0 aliphatic rings. The SMILES string of the molecule is CN=C(NCc1ccccc1OCC(F)(F)F)N(C)Cc1cn(C)nc1C(C)C.I. The number of para-hydroxylation sites is 1. The highest BCUT2D eigenvalue weighted by Crippen LogP contribution is 2.22. The van der Waals surface area contributed by atoms with Gasteiger partial charge in [-0.3, -0.25) is 9.67 Å². The molecule has 30 heavy (non-hydrogen) atoms. The highest BCUT2D eigenvalue weighted by atomic mass is 127. The molecule has 0 saturated heterocycles. The lowest BCUT2D eigenvalue weighted by Crippen LogP contribution is -2.38. The number of guanidine groups is 1. The van der Waals surface area contributed by atoms with E-state index in [1.165, 1.54) is 6.07 Å². The van der Waals surface area contributed by atoms with Crippen molar-refractivity contribution in [1.29, 1.82) is 0 Å². The fourth-order valence-corrected chi connectivity index (χ4v) is 3.00. The van der Waals surface area contributed by atoms with Crippen molar-refractivity contribution in [2.75, 3.05) is 20.7 Å². The summed E-state index contributed by atoms with van der Waals surface area (Å²) in [5.41, 5.74) is 2.75. The van der Waals surface area contributed by atoms with Gasteiger partial charge in [0.2, 0.25) is 0 Å². The van der Waals surface area contributed by atoms with Gasteiger partial charge in [0.1, 0.15) is 5.75 Å². The lowest BCUT2D eigenvalue weighted by atomic mass is 10.1. The first kappa shape index (κ1) is 26.1. The van der Waals surface area contributed by atoms with Crippen molar-refractivity contribution in [3.8, 4) is 5.75 Å². The molecule has 0 atom stereocenters. The number of halogens is 4. The van der Waals surface area contributed by atoms with Crippen molar-refractivity contribution in [2.45, 2.75) is 39.0 Å². The standard InChI is InChI=1S/C20H28F3N5O.HI/c1-14(2)18-16(12-28(5)26-18)11-27(4)19(24-3)25-10-15-8-6-7-9-17(15)29-13-20(21,22)23;/h6-9,12,14H,10-11,13H2,1-5H3,(H,24,25);1H. The Kier molecular flexibility index (Phi) is 9.92. The summed E-state index contributed by atoms with van der Waals surface area (Å²) in [6.07, 6.45) is -2.39. The summed E-state index contributed by atoms with van der Waals surface area (Å²) >= 11 is 0. The molecular weight excluding hydrogens is 510 g/mol. The molecule has 1 N–H and O–H groups in total. The molecule has 2 rings (SSSR count). The van der Waals surface area contributed by atoms with Crippen LogP contribution in [-0.4, -0.2) is 47.5 Å². The minimum absolute atomic E-state index is 0. The van der Waals surface area contributed by atoms with Crippen LogP contribution >= 0.6 is 24.0 Å². The zero-order valence-corrected chi connectivity index (χ0v) is 20.2. The third kappa shape index (κ3) is 7.69. The Balaban J connectivity index is 0.00000450. The van der Waals surface area contributed by atoms with Gasteiger partial charge in [0.15, 0.2) is 12.6 Å². The van der Waals surface area contributed by atoms with Crippen molar-refractivity contribution in [1.82, 2.24) is 20.0 Å². The van der Waals surface area contributed by atoms with Gasteiger partial charge >= 0.3 is 6.18 Å². The molecule has 1 aromatic heterocycles. The summed E-state index contributed by atoms with van der Waals surface area (Å²) in [7, 11) is 5.45. The maximum absolute atomic E-state index is 12.5. The van der Waals surface area contributed by atoms with E-state index >= 15 is 0 Å². The van der Waals surface area contributed by atoms with E-state index in [1.807, 2.05) is 25.2 Å². The Bertz CT molecular complexity index is 836. The first-order valence-electron chi connectivity index (χ1n) is 9.32. The monoisotopic (exact) mass is 539 g/mol. The highest BCUT2D eigenvalue weighted by molar-refractivity contribution is 14.0. The van der Waals surface area contributed by atoms with Gasteiger partial charge in [-0.25, -0.2) is 0 Å². The molecule has 0 saturated carbocycles. The topological polar surface area (TPSA) is 54.7 Å². The molecular formula is C20H29F3IN5O. The van der Waals surface area contributed by atoms with E-state index in [4.69, 9.17) is 4.74 Å². The Morgan fingerprint density at radius 3 is 2.53 bits per heavy atom. The fourth-order valence-electron chi connectivity index (χ4n) is 3.00. The second-order valence-corrected chi connectivity index (χ2v) is 7.14. The van der Waals surface area contributed by atoms with Crippen molar-refractivity contribution in [3.63, 3.8) is 0 Å². The highest BCUT2D eigenvalue weighted by Gasteiger charge is 2.28. The molecule has 0 spiro atoms. The van der Waals surface area contributed by atoms with Crippen LogP contribution < -0.4 is 10.1 Å². The normalized spacial score (nSPS) is 12.0. The number of alkyl halides is 3. The molecule has 0 bridgehead atoms. The second kappa shape index (κ2) is 11.4. The number of rotatable bonds is 7. The van der Waals surface area contributed by atoms with Gasteiger partial charge < -0.3 is 15.0 Å². The zero-order valence-electron chi connectivity index (χ0n) is 17.8. The van der Waals surface area contributed by atoms with Crippen LogP contribution in [0.25, 0.3) is 0 Å². The summed E-state index contributed by atoms with van der Waals surface area (Å²) < 4.78 is 44.2. The van der Waals surface area contributed by atoms with E-state index in [9.17, 15) is 13.2 Å². The van der Waals surface area contributed by atoms with Crippen LogP contribution in [0, 0.1) is 0 Å². The average Bonchev–Trinajstić information content (AvgIpc) is 3.01. The average molecular weight is 539 g/mol. The number of hydrogen-bond donors (Lipinski definition) is 1. The fraction of sp³-hybridized carbons (Fsp3) is 0.500. The smallest absolute Gasteiger partial charge is 0.422 e. The molecule has 1 heterocycles. The third-order valence-corrected chi connectivity index (χ3v) is 4.27. The summed E-state index contributed by atoms with van der Waals surface area (Å²) in [6, 6.07) is 6.66. The molecule has 6 nitrogen and oxygen atoms in total. The predicted molar refractivity (Wildman–Crippen MR) is 122 cm³/mol. The Hall–Kier alpha value is -1.98. The van der Waals surface area contributed by atoms with Crippen molar-refractivity contribution >= 4 is 29.9 Å². The van der Waals surface area contributed by atoms with Crippen LogP contribution in [0.4, 0.5) is 13.2 Å². The first-order chi connectivity index (χ1) is 13.6. The van der Waals surface area contributed by atoms with Crippen molar-refractivity contribution in [2.24, 2.45) is 12.0 Å². The van der Waals surface area contributed by atoms with Gasteiger partial charge in [-0.05, 0) is 12.0 Å². The predicted octanol–water partition coefficient (Wildman–Crippen LogP) is 4.31. The van der Waals surface area contributed by atoms with Gasteiger partial charge in [-0.15, -0.1) is 24.0 Å². The molecule has 0 aliphatic carbocycles. The van der Waals surface area contributed by atoms with Crippen LogP contribution in [0.3, 0.4) is 0 Å². The number of hydrogen-bond acceptors (Lipinski definition) is 3. The molecule has 0 fully saturated rings. The van der Waals surface area contributed by atoms with Crippen molar-refractivity contribution in [3.05, 3.63) is 47.3 Å². The van der Waals surface area contributed by atoms with Crippen LogP contribution in [0.15, 0.2) is 35.5 Å². The molecule has 0 radical (unpaired) electrons. The van der Waals surface area contributed by atoms with E-state index in [2.05, 4.69) is 29.3 Å². The number of aryl methyl sites for hydroxylation is 1. The lowest BCUT2D eigenvalue weighted by molar-refractivity contribution is -0.153. The number of benzene rings is 1. The van der Waals surface area contributed by atoms with E-state index in [0.29, 0.717) is 24.0 Å². The second-order valence-electron chi connectivity index (χ2n) is 7.14. The summed E-state index contributed by atoms with van der Waals surface area (Å²) in [6.45, 7) is 3.76. The first-order valence-corrected chi connectivity index (χ1v) is 9.32.